The third kappa shape index (κ3) is 5.53. The number of nitrogens with one attached hydrogen (secondary N) is 1. The molecule has 0 spiro atoms. The monoisotopic (exact) mass is 202 g/mol. The van der Waals surface area contributed by atoms with Crippen molar-refractivity contribution in [2.24, 2.45) is 5.73 Å². The van der Waals surface area contributed by atoms with Crippen LogP contribution >= 0.6 is 0 Å². The maximum absolute atomic E-state index is 11.3. The summed E-state index contributed by atoms with van der Waals surface area (Å²) in [7, 11) is 0. The van der Waals surface area contributed by atoms with Crippen LogP contribution in [0.3, 0.4) is 0 Å². The lowest BCUT2D eigenvalue weighted by atomic mass is 10.1. The quantitative estimate of drug-likeness (QED) is 0.569. The van der Waals surface area contributed by atoms with E-state index in [-0.39, 0.29) is 12.5 Å². The maximum atomic E-state index is 11.3. The van der Waals surface area contributed by atoms with E-state index in [4.69, 9.17) is 10.8 Å². The molecular formula is C9H18N2O3. The van der Waals surface area contributed by atoms with E-state index in [0.717, 1.165) is 12.8 Å². The molecule has 4 N–H and O–H groups in total. The normalized spacial score (nSPS) is 14.5. The number of hydrogen-bond acceptors (Lipinski definition) is 3. The maximum Gasteiger partial charge on any atom is 0.305 e. The highest BCUT2D eigenvalue weighted by atomic mass is 16.4. The second kappa shape index (κ2) is 6.37. The van der Waals surface area contributed by atoms with Gasteiger partial charge in [0.2, 0.25) is 5.91 Å². The minimum Gasteiger partial charge on any atom is -0.481 e. The van der Waals surface area contributed by atoms with Gasteiger partial charge in [-0.15, -0.1) is 0 Å². The number of amides is 1. The molecule has 0 radical (unpaired) electrons. The molecule has 0 rings (SSSR count). The van der Waals surface area contributed by atoms with Gasteiger partial charge in [-0.25, -0.2) is 0 Å². The zero-order valence-electron chi connectivity index (χ0n) is 8.62. The molecule has 0 saturated carbocycles. The number of carboxylic acid groups (broad SMARTS) is 1. The number of hydrogen-bond donors (Lipinski definition) is 3. The smallest absolute Gasteiger partial charge is 0.305 e. The Balaban J connectivity index is 3.88. The van der Waals surface area contributed by atoms with Crippen molar-refractivity contribution in [3.05, 3.63) is 0 Å². The molecule has 0 saturated heterocycles. The highest BCUT2D eigenvalue weighted by molar-refractivity contribution is 5.86. The summed E-state index contributed by atoms with van der Waals surface area (Å²) in [4.78, 5) is 21.5. The second-order valence-corrected chi connectivity index (χ2v) is 3.40. The van der Waals surface area contributed by atoms with Crippen LogP contribution in [0.1, 0.15) is 33.1 Å². The van der Waals surface area contributed by atoms with E-state index in [0.29, 0.717) is 0 Å². The molecule has 0 heterocycles. The summed E-state index contributed by atoms with van der Waals surface area (Å²) in [5.74, 6) is -1.45. The SMILES string of the molecule is CCC[C@H](C)NC(=O)[C@@H](N)CC(=O)O. The summed E-state index contributed by atoms with van der Waals surface area (Å²) in [6, 6.07) is -0.904. The lowest BCUT2D eigenvalue weighted by Crippen LogP contribution is -2.45. The zero-order chi connectivity index (χ0) is 11.1. The fourth-order valence-corrected chi connectivity index (χ4v) is 1.14. The standard InChI is InChI=1S/C9H18N2O3/c1-3-4-6(2)11-9(14)7(10)5-8(12)13/h6-7H,3-5,10H2,1-2H3,(H,11,14)(H,12,13)/t6-,7-/m0/s1. The first-order valence-electron chi connectivity index (χ1n) is 4.75. The first-order valence-corrected chi connectivity index (χ1v) is 4.75. The Kier molecular flexibility index (Phi) is 5.87. The van der Waals surface area contributed by atoms with Crippen LogP contribution in [0.25, 0.3) is 0 Å². The second-order valence-electron chi connectivity index (χ2n) is 3.40. The van der Waals surface area contributed by atoms with E-state index in [1.165, 1.54) is 0 Å². The van der Waals surface area contributed by atoms with E-state index in [1.807, 2.05) is 13.8 Å². The van der Waals surface area contributed by atoms with Crippen molar-refractivity contribution in [3.63, 3.8) is 0 Å². The molecule has 0 aromatic carbocycles. The Labute approximate surface area is 83.7 Å². The van der Waals surface area contributed by atoms with E-state index in [2.05, 4.69) is 5.32 Å². The molecule has 82 valence electrons. The summed E-state index contributed by atoms with van der Waals surface area (Å²) < 4.78 is 0. The number of aliphatic carboxylic acids is 1. The molecule has 0 aliphatic carbocycles. The number of nitrogens with two attached hydrogens (primary N) is 1. The minimum absolute atomic E-state index is 0.0485. The van der Waals surface area contributed by atoms with E-state index in [9.17, 15) is 9.59 Å². The average molecular weight is 202 g/mol. The Hall–Kier alpha value is -1.10. The summed E-state index contributed by atoms with van der Waals surface area (Å²) in [5.41, 5.74) is 5.37. The average Bonchev–Trinajstić information content (AvgIpc) is 2.02. The predicted molar refractivity (Wildman–Crippen MR) is 52.7 cm³/mol. The molecule has 0 aliphatic rings. The van der Waals surface area contributed by atoms with Gasteiger partial charge in [-0.2, -0.15) is 0 Å². The van der Waals surface area contributed by atoms with Gasteiger partial charge in [0.25, 0.3) is 0 Å². The Morgan fingerprint density at radius 1 is 1.50 bits per heavy atom. The Bertz CT molecular complexity index is 206. The third-order valence-corrected chi connectivity index (χ3v) is 1.84. The van der Waals surface area contributed by atoms with Gasteiger partial charge in [-0.05, 0) is 13.3 Å². The number of carbonyl (C=O) groups excluding carboxylic acids is 1. The van der Waals surface area contributed by atoms with Gasteiger partial charge in [-0.3, -0.25) is 9.59 Å². The van der Waals surface area contributed by atoms with Crippen molar-refractivity contribution in [1.29, 1.82) is 0 Å². The van der Waals surface area contributed by atoms with Gasteiger partial charge in [0.05, 0.1) is 12.5 Å². The van der Waals surface area contributed by atoms with Gasteiger partial charge in [-0.1, -0.05) is 13.3 Å². The molecule has 0 aromatic rings. The molecule has 5 heteroatoms. The van der Waals surface area contributed by atoms with Crippen LogP contribution in [0.4, 0.5) is 0 Å². The van der Waals surface area contributed by atoms with Crippen molar-refractivity contribution in [3.8, 4) is 0 Å². The van der Waals surface area contributed by atoms with Crippen LogP contribution in [-0.4, -0.2) is 29.1 Å². The number of rotatable bonds is 6. The van der Waals surface area contributed by atoms with Crippen LogP contribution < -0.4 is 11.1 Å². The van der Waals surface area contributed by atoms with Crippen molar-refractivity contribution in [2.45, 2.75) is 45.2 Å². The summed E-state index contributed by atoms with van der Waals surface area (Å²) in [6.07, 6.45) is 1.51. The van der Waals surface area contributed by atoms with Crippen LogP contribution in [-0.2, 0) is 9.59 Å². The molecule has 0 aliphatic heterocycles. The van der Waals surface area contributed by atoms with Crippen LogP contribution in [0.2, 0.25) is 0 Å². The molecule has 0 aromatic heterocycles. The molecule has 14 heavy (non-hydrogen) atoms. The minimum atomic E-state index is -1.06. The zero-order valence-corrected chi connectivity index (χ0v) is 8.62. The Morgan fingerprint density at radius 3 is 2.50 bits per heavy atom. The molecule has 0 unspecified atom stereocenters. The number of carbonyl (C=O) groups is 2. The van der Waals surface area contributed by atoms with Gasteiger partial charge < -0.3 is 16.2 Å². The number of carboxylic acids is 1. The first-order chi connectivity index (χ1) is 6.47. The van der Waals surface area contributed by atoms with E-state index in [1.54, 1.807) is 0 Å². The van der Waals surface area contributed by atoms with Crippen molar-refractivity contribution in [2.75, 3.05) is 0 Å². The highest BCUT2D eigenvalue weighted by Crippen LogP contribution is 1.96. The van der Waals surface area contributed by atoms with Gasteiger partial charge in [0.15, 0.2) is 0 Å². The molecule has 5 nitrogen and oxygen atoms in total. The van der Waals surface area contributed by atoms with Crippen LogP contribution in [0.15, 0.2) is 0 Å². The highest BCUT2D eigenvalue weighted by Gasteiger charge is 2.17. The fourth-order valence-electron chi connectivity index (χ4n) is 1.14. The van der Waals surface area contributed by atoms with Crippen molar-refractivity contribution < 1.29 is 14.7 Å². The van der Waals surface area contributed by atoms with Crippen molar-refractivity contribution in [1.82, 2.24) is 5.32 Å². The predicted octanol–water partition coefficient (Wildman–Crippen LogP) is 0.0932. The lowest BCUT2D eigenvalue weighted by molar-refractivity contribution is -0.139. The van der Waals surface area contributed by atoms with Crippen molar-refractivity contribution >= 4 is 11.9 Å². The molecule has 0 fully saturated rings. The van der Waals surface area contributed by atoms with E-state index >= 15 is 0 Å². The fraction of sp³-hybridized carbons (Fsp3) is 0.778. The molecule has 0 bridgehead atoms. The summed E-state index contributed by atoms with van der Waals surface area (Å²) >= 11 is 0. The third-order valence-electron chi connectivity index (χ3n) is 1.84. The van der Waals surface area contributed by atoms with E-state index < -0.39 is 17.9 Å². The summed E-state index contributed by atoms with van der Waals surface area (Å²) in [6.45, 7) is 3.88. The topological polar surface area (TPSA) is 92.4 Å². The molecule has 2 atom stereocenters. The molecule has 1 amide bonds. The largest absolute Gasteiger partial charge is 0.481 e. The van der Waals surface area contributed by atoms with Gasteiger partial charge in [0.1, 0.15) is 0 Å². The van der Waals surface area contributed by atoms with Gasteiger partial charge in [0, 0.05) is 6.04 Å². The summed E-state index contributed by atoms with van der Waals surface area (Å²) in [5, 5.41) is 11.1. The van der Waals surface area contributed by atoms with Crippen LogP contribution in [0, 0.1) is 0 Å². The Morgan fingerprint density at radius 2 is 2.07 bits per heavy atom. The molecular weight excluding hydrogens is 184 g/mol. The lowest BCUT2D eigenvalue weighted by Gasteiger charge is -2.15. The van der Waals surface area contributed by atoms with Gasteiger partial charge >= 0.3 is 5.97 Å². The first kappa shape index (κ1) is 12.9. The van der Waals surface area contributed by atoms with Crippen LogP contribution in [0.5, 0.6) is 0 Å².